The highest BCUT2D eigenvalue weighted by Gasteiger charge is 2.35. The smallest absolute Gasteiger partial charge is 0.0831 e. The summed E-state index contributed by atoms with van der Waals surface area (Å²) in [6.45, 7) is 21.5. The monoisotopic (exact) mass is 254 g/mol. The molecule has 0 fully saturated rings. The summed E-state index contributed by atoms with van der Waals surface area (Å²) in [6, 6.07) is 0. The lowest BCUT2D eigenvalue weighted by atomic mass is 9.85. The van der Waals surface area contributed by atoms with Gasteiger partial charge in [-0.25, -0.2) is 0 Å². The third kappa shape index (κ3) is 4.44. The number of hydrogen-bond donors (Lipinski definition) is 1. The van der Waals surface area contributed by atoms with Crippen molar-refractivity contribution in [2.24, 2.45) is 5.41 Å². The summed E-state index contributed by atoms with van der Waals surface area (Å²) in [5.74, 6) is 0. The van der Waals surface area contributed by atoms with Gasteiger partial charge in [0.2, 0.25) is 0 Å². The fourth-order valence-corrected chi connectivity index (χ4v) is 2.92. The van der Waals surface area contributed by atoms with Crippen LogP contribution in [0.2, 0.25) is 18.1 Å². The topological polar surface area (TPSA) is 20.2 Å². The maximum atomic E-state index is 10.4. The second-order valence-electron chi connectivity index (χ2n) is 7.59. The third-order valence-corrected chi connectivity index (χ3v) is 8.75. The minimum Gasteiger partial charge on any atom is -0.388 e. The van der Waals surface area contributed by atoms with Gasteiger partial charge in [-0.05, 0) is 16.0 Å². The second-order valence-corrected chi connectivity index (χ2v) is 12.8. The van der Waals surface area contributed by atoms with E-state index in [4.69, 9.17) is 0 Å². The SMILES string of the molecule is C=C/C(=C\[Si](C)(C)C(C)(C)C)C(O)C(C)(C)C. The molecule has 0 spiro atoms. The first kappa shape index (κ1) is 16.7. The lowest BCUT2D eigenvalue weighted by molar-refractivity contribution is 0.0981. The van der Waals surface area contributed by atoms with Crippen molar-refractivity contribution in [3.05, 3.63) is 23.9 Å². The second kappa shape index (κ2) is 5.11. The van der Waals surface area contributed by atoms with Crippen LogP contribution in [0.5, 0.6) is 0 Å². The van der Waals surface area contributed by atoms with Gasteiger partial charge in [-0.15, -0.1) is 0 Å². The van der Waals surface area contributed by atoms with Gasteiger partial charge >= 0.3 is 0 Å². The van der Waals surface area contributed by atoms with Gasteiger partial charge in [0.1, 0.15) is 0 Å². The number of aliphatic hydroxyl groups excluding tert-OH is 1. The minimum atomic E-state index is -1.52. The van der Waals surface area contributed by atoms with E-state index in [-0.39, 0.29) is 5.41 Å². The Kier molecular flexibility index (Phi) is 5.01. The van der Waals surface area contributed by atoms with Crippen LogP contribution in [-0.4, -0.2) is 19.3 Å². The van der Waals surface area contributed by atoms with Gasteiger partial charge in [0.25, 0.3) is 0 Å². The molecule has 0 amide bonds. The first-order valence-corrected chi connectivity index (χ1v) is 9.44. The summed E-state index contributed by atoms with van der Waals surface area (Å²) < 4.78 is 0. The highest BCUT2D eigenvalue weighted by molar-refractivity contribution is 6.84. The molecule has 0 aliphatic carbocycles. The molecule has 0 bridgehead atoms. The molecule has 0 saturated carbocycles. The van der Waals surface area contributed by atoms with E-state index < -0.39 is 14.2 Å². The molecule has 0 saturated heterocycles. The van der Waals surface area contributed by atoms with E-state index in [0.29, 0.717) is 5.04 Å². The van der Waals surface area contributed by atoms with Crippen LogP contribution >= 0.6 is 0 Å². The van der Waals surface area contributed by atoms with Crippen LogP contribution in [0.1, 0.15) is 41.5 Å². The molecule has 2 heteroatoms. The molecule has 1 atom stereocenters. The largest absolute Gasteiger partial charge is 0.388 e. The lowest BCUT2D eigenvalue weighted by Gasteiger charge is -2.36. The number of aliphatic hydroxyl groups is 1. The van der Waals surface area contributed by atoms with E-state index in [9.17, 15) is 5.11 Å². The first-order valence-electron chi connectivity index (χ1n) is 6.36. The molecule has 0 aromatic carbocycles. The third-order valence-electron chi connectivity index (χ3n) is 3.83. The molecule has 0 aliphatic rings. The standard InChI is InChI=1S/C15H30OSi/c1-10-12(13(16)14(2,3)4)11-17(8,9)15(5,6)7/h10-11,13,16H,1H2,2-9H3/b12-11+. The average molecular weight is 254 g/mol. The molecule has 1 nitrogen and oxygen atoms in total. The molecule has 1 N–H and O–H groups in total. The molecule has 0 radical (unpaired) electrons. The predicted molar refractivity (Wildman–Crippen MR) is 80.9 cm³/mol. The Bertz CT molecular complexity index is 300. The van der Waals surface area contributed by atoms with Crippen LogP contribution in [0.4, 0.5) is 0 Å². The van der Waals surface area contributed by atoms with E-state index in [0.717, 1.165) is 5.57 Å². The predicted octanol–water partition coefficient (Wildman–Crippen LogP) is 4.55. The van der Waals surface area contributed by atoms with Crippen LogP contribution in [0.3, 0.4) is 0 Å². The summed E-state index contributed by atoms with van der Waals surface area (Å²) in [7, 11) is -1.52. The lowest BCUT2D eigenvalue weighted by Crippen LogP contribution is -2.37. The van der Waals surface area contributed by atoms with Crippen molar-refractivity contribution in [3.63, 3.8) is 0 Å². The summed E-state index contributed by atoms with van der Waals surface area (Å²) >= 11 is 0. The number of rotatable bonds is 3. The summed E-state index contributed by atoms with van der Waals surface area (Å²) in [4.78, 5) is 0. The Hall–Kier alpha value is -0.343. The van der Waals surface area contributed by atoms with Gasteiger partial charge in [-0.1, -0.05) is 73.0 Å². The maximum absolute atomic E-state index is 10.4. The Balaban J connectivity index is 5.36. The quantitative estimate of drug-likeness (QED) is 0.578. The van der Waals surface area contributed by atoms with Crippen molar-refractivity contribution in [2.75, 3.05) is 0 Å². The molecule has 0 aromatic heterocycles. The van der Waals surface area contributed by atoms with Crippen LogP contribution in [0.25, 0.3) is 0 Å². The molecular formula is C15H30OSi. The fourth-order valence-electron chi connectivity index (χ4n) is 1.38. The van der Waals surface area contributed by atoms with Crippen LogP contribution in [0.15, 0.2) is 23.9 Å². The Labute approximate surface area is 109 Å². The normalized spacial score (nSPS) is 16.9. The summed E-state index contributed by atoms with van der Waals surface area (Å²) in [5.41, 5.74) is 3.15. The van der Waals surface area contributed by atoms with E-state index in [1.165, 1.54) is 0 Å². The van der Waals surface area contributed by atoms with E-state index in [1.54, 1.807) is 0 Å². The van der Waals surface area contributed by atoms with Gasteiger partial charge in [0.15, 0.2) is 0 Å². The summed E-state index contributed by atoms with van der Waals surface area (Å²) in [6.07, 6.45) is 1.38. The molecule has 0 rings (SSSR count). The maximum Gasteiger partial charge on any atom is 0.0831 e. The fraction of sp³-hybridized carbons (Fsp3) is 0.733. The van der Waals surface area contributed by atoms with Crippen molar-refractivity contribution in [1.82, 2.24) is 0 Å². The first-order chi connectivity index (χ1) is 7.33. The van der Waals surface area contributed by atoms with Crippen molar-refractivity contribution in [2.45, 2.75) is 65.8 Å². The van der Waals surface area contributed by atoms with E-state index >= 15 is 0 Å². The highest BCUT2D eigenvalue weighted by atomic mass is 28.3. The minimum absolute atomic E-state index is 0.137. The molecule has 0 aromatic rings. The zero-order chi connectivity index (χ0) is 14.1. The van der Waals surface area contributed by atoms with Gasteiger partial charge in [-0.3, -0.25) is 0 Å². The van der Waals surface area contributed by atoms with Gasteiger partial charge in [-0.2, -0.15) is 0 Å². The van der Waals surface area contributed by atoms with Gasteiger partial charge in [0, 0.05) is 0 Å². The van der Waals surface area contributed by atoms with Crippen LogP contribution < -0.4 is 0 Å². The zero-order valence-electron chi connectivity index (χ0n) is 12.9. The number of hydrogen-bond acceptors (Lipinski definition) is 1. The van der Waals surface area contributed by atoms with Crippen LogP contribution in [-0.2, 0) is 0 Å². The molecule has 17 heavy (non-hydrogen) atoms. The molecular weight excluding hydrogens is 224 g/mol. The van der Waals surface area contributed by atoms with Crippen molar-refractivity contribution in [1.29, 1.82) is 0 Å². The zero-order valence-corrected chi connectivity index (χ0v) is 13.9. The van der Waals surface area contributed by atoms with Gasteiger partial charge < -0.3 is 5.11 Å². The Morgan fingerprint density at radius 3 is 1.76 bits per heavy atom. The molecule has 100 valence electrons. The average Bonchev–Trinajstić information content (AvgIpc) is 2.09. The van der Waals surface area contributed by atoms with Crippen molar-refractivity contribution < 1.29 is 5.11 Å². The molecule has 0 heterocycles. The van der Waals surface area contributed by atoms with Crippen LogP contribution in [0, 0.1) is 5.41 Å². The Morgan fingerprint density at radius 1 is 1.12 bits per heavy atom. The van der Waals surface area contributed by atoms with E-state index in [2.05, 4.69) is 66.9 Å². The summed E-state index contributed by atoms with van der Waals surface area (Å²) in [5, 5.41) is 10.6. The van der Waals surface area contributed by atoms with E-state index in [1.807, 2.05) is 6.08 Å². The Morgan fingerprint density at radius 2 is 1.53 bits per heavy atom. The van der Waals surface area contributed by atoms with Gasteiger partial charge in [0.05, 0.1) is 14.2 Å². The van der Waals surface area contributed by atoms with Crippen molar-refractivity contribution >= 4 is 8.07 Å². The molecule has 0 aliphatic heterocycles. The van der Waals surface area contributed by atoms with Crippen molar-refractivity contribution in [3.8, 4) is 0 Å². The highest BCUT2D eigenvalue weighted by Crippen LogP contribution is 2.38. The molecule has 1 unspecified atom stereocenters.